The van der Waals surface area contributed by atoms with E-state index < -0.39 is 37.3 Å². The van der Waals surface area contributed by atoms with E-state index in [-0.39, 0.29) is 44.9 Å². The molecule has 0 aliphatic heterocycles. The zero-order valence-electron chi connectivity index (χ0n) is 51.1. The molecule has 0 bridgehead atoms. The predicted octanol–water partition coefficient (Wildman–Crippen LogP) is 16.3. The van der Waals surface area contributed by atoms with Crippen LogP contribution in [0.25, 0.3) is 78.4 Å². The van der Waals surface area contributed by atoms with Gasteiger partial charge in [-0.15, -0.1) is 0 Å². The molecular formula is C67H59N5O. The van der Waals surface area contributed by atoms with E-state index in [1.165, 1.54) is 24.5 Å². The van der Waals surface area contributed by atoms with Gasteiger partial charge in [0, 0.05) is 59.9 Å². The Morgan fingerprint density at radius 3 is 1.62 bits per heavy atom. The number of aromatic nitrogens is 5. The van der Waals surface area contributed by atoms with E-state index in [9.17, 15) is 5.48 Å². The zero-order valence-corrected chi connectivity index (χ0v) is 41.1. The highest BCUT2D eigenvalue weighted by Gasteiger charge is 2.26. The lowest BCUT2D eigenvalue weighted by molar-refractivity contribution is 0.512. The van der Waals surface area contributed by atoms with Crippen molar-refractivity contribution in [2.45, 2.75) is 77.8 Å². The fourth-order valence-corrected chi connectivity index (χ4v) is 9.79. The van der Waals surface area contributed by atoms with E-state index in [4.69, 9.17) is 32.6 Å². The molecule has 0 atom stereocenters. The lowest BCUT2D eigenvalue weighted by Gasteiger charge is -2.28. The first-order chi connectivity index (χ1) is 39.4. The Morgan fingerprint density at radius 1 is 0.466 bits per heavy atom. The van der Waals surface area contributed by atoms with Crippen LogP contribution in [0, 0.1) is 13.7 Å². The first-order valence-electron chi connectivity index (χ1n) is 29.5. The van der Waals surface area contributed by atoms with Crippen LogP contribution < -0.4 is 0 Å². The minimum atomic E-state index is -2.85. The molecule has 0 saturated carbocycles. The molecule has 73 heavy (non-hydrogen) atoms. The fourth-order valence-electron chi connectivity index (χ4n) is 9.79. The molecule has 358 valence electrons. The standard InChI is InChI=1S/C67H59N5O/c1-44-18-13-15-24-54(44)58-37-61(56-26-17-27-57-63-62(73-64(56)57)43-71-65(72-63)55-25-16-14-19-45(55)2)68-40-51(58)29-28-46-34-47(38-66(3,4)52-30-32-59(69-41-52)49-20-9-7-10-21-49)36-48(35-46)39-67(5,6)53-31-33-60(70-42-53)50-22-11-8-12-23-50/h7-27,30-37,40-43H,28-29,38-39H2,1-6H3/i1D3,2D3,28D2,29D2. The smallest absolute Gasteiger partial charge is 0.172 e. The van der Waals surface area contributed by atoms with E-state index in [2.05, 4.69) is 50.9 Å². The van der Waals surface area contributed by atoms with Crippen molar-refractivity contribution >= 4 is 22.1 Å². The average molecular weight is 960 g/mol. The highest BCUT2D eigenvalue weighted by Crippen LogP contribution is 2.39. The summed E-state index contributed by atoms with van der Waals surface area (Å²) in [6.45, 7) is 3.42. The van der Waals surface area contributed by atoms with Gasteiger partial charge < -0.3 is 4.42 Å². The van der Waals surface area contributed by atoms with Crippen LogP contribution in [0.15, 0.2) is 205 Å². The SMILES string of the molecule is [2H]C([2H])([2H])c1ccccc1-c1ncc2oc3c(-c4cc(-c5ccccc5C([2H])([2H])[2H])c(C([2H])([2H])C([2H])([2H])c5cc(CC(C)(C)c6ccc(-c7ccccc7)nc6)cc(CC(C)(C)c6ccc(-c7ccccc7)nc6)c5)cn4)cccc3c2n1. The van der Waals surface area contributed by atoms with Gasteiger partial charge in [0.15, 0.2) is 11.4 Å². The van der Waals surface area contributed by atoms with Gasteiger partial charge in [0.05, 0.1) is 23.3 Å². The summed E-state index contributed by atoms with van der Waals surface area (Å²) < 4.78 is 97.4. The third-order valence-electron chi connectivity index (χ3n) is 13.7. The van der Waals surface area contributed by atoms with Crippen LogP contribution in [0.3, 0.4) is 0 Å². The first kappa shape index (κ1) is 36.6. The molecule has 6 heteroatoms. The Bertz CT molecular complexity index is 4060. The lowest BCUT2D eigenvalue weighted by Crippen LogP contribution is -2.23. The number of aryl methyl sites for hydroxylation is 4. The highest BCUT2D eigenvalue weighted by atomic mass is 16.3. The summed E-state index contributed by atoms with van der Waals surface area (Å²) in [5.74, 6) is 0.196. The van der Waals surface area contributed by atoms with Crippen molar-refractivity contribution < 1.29 is 18.1 Å². The molecule has 5 heterocycles. The Morgan fingerprint density at radius 2 is 1.01 bits per heavy atom. The Hall–Kier alpha value is -8.35. The van der Waals surface area contributed by atoms with Gasteiger partial charge in [0.1, 0.15) is 11.1 Å². The van der Waals surface area contributed by atoms with Crippen molar-refractivity contribution in [1.29, 1.82) is 0 Å². The second-order valence-corrected chi connectivity index (χ2v) is 19.9. The van der Waals surface area contributed by atoms with E-state index in [0.29, 0.717) is 46.0 Å². The Balaban J connectivity index is 1.02. The molecule has 0 spiro atoms. The van der Waals surface area contributed by atoms with Gasteiger partial charge in [-0.3, -0.25) is 15.0 Å². The first-order valence-corrected chi connectivity index (χ1v) is 24.5. The van der Waals surface area contributed by atoms with Crippen molar-refractivity contribution in [2.75, 3.05) is 0 Å². The van der Waals surface area contributed by atoms with Crippen LogP contribution in [0.4, 0.5) is 0 Å². The van der Waals surface area contributed by atoms with Crippen LogP contribution in [0.2, 0.25) is 0 Å². The second kappa shape index (κ2) is 19.7. The molecule has 11 rings (SSSR count). The van der Waals surface area contributed by atoms with Crippen molar-refractivity contribution in [3.8, 4) is 56.3 Å². The Kier molecular flexibility index (Phi) is 9.86. The summed E-state index contributed by atoms with van der Waals surface area (Å²) in [7, 11) is 0. The summed E-state index contributed by atoms with van der Waals surface area (Å²) in [5, 5.41) is 0.567. The third kappa shape index (κ3) is 9.86. The van der Waals surface area contributed by atoms with Gasteiger partial charge in [0.2, 0.25) is 0 Å². The molecule has 11 aromatic rings. The molecule has 0 N–H and O–H groups in total. The highest BCUT2D eigenvalue weighted by molar-refractivity contribution is 6.07. The minimum Gasteiger partial charge on any atom is -0.452 e. The molecular weight excluding hydrogens is 891 g/mol. The number of hydrogen-bond acceptors (Lipinski definition) is 6. The van der Waals surface area contributed by atoms with Crippen LogP contribution >= 0.6 is 0 Å². The number of para-hydroxylation sites is 1. The summed E-state index contributed by atoms with van der Waals surface area (Å²) in [5.41, 5.74) is 8.70. The molecule has 6 aromatic carbocycles. The zero-order chi connectivity index (χ0) is 58.7. The Labute approximate surface area is 443 Å². The largest absolute Gasteiger partial charge is 0.452 e. The summed E-state index contributed by atoms with van der Waals surface area (Å²) in [4.78, 5) is 23.9. The number of benzene rings is 6. The minimum absolute atomic E-state index is 0.0526. The molecule has 5 aromatic heterocycles. The van der Waals surface area contributed by atoms with Crippen LogP contribution in [0.5, 0.6) is 0 Å². The molecule has 6 nitrogen and oxygen atoms in total. The maximum Gasteiger partial charge on any atom is 0.172 e. The van der Waals surface area contributed by atoms with E-state index in [0.717, 1.165) is 44.8 Å². The van der Waals surface area contributed by atoms with Crippen LogP contribution in [0.1, 0.15) is 85.9 Å². The fraction of sp³-hybridized carbons (Fsp3) is 0.179. The van der Waals surface area contributed by atoms with Gasteiger partial charge in [-0.2, -0.15) is 0 Å². The monoisotopic (exact) mass is 960 g/mol. The second-order valence-electron chi connectivity index (χ2n) is 19.9. The maximum absolute atomic E-state index is 10.1. The predicted molar refractivity (Wildman–Crippen MR) is 300 cm³/mol. The van der Waals surface area contributed by atoms with Gasteiger partial charge in [-0.1, -0.05) is 173 Å². The van der Waals surface area contributed by atoms with Crippen molar-refractivity contribution in [3.63, 3.8) is 0 Å². The lowest BCUT2D eigenvalue weighted by atomic mass is 9.77. The number of pyridine rings is 3. The van der Waals surface area contributed by atoms with E-state index in [1.54, 1.807) is 66.7 Å². The van der Waals surface area contributed by atoms with Crippen molar-refractivity contribution in [1.82, 2.24) is 24.9 Å². The number of fused-ring (bicyclic) bond motifs is 3. The molecule has 0 aliphatic rings. The normalized spacial score (nSPS) is 14.7. The number of hydrogen-bond donors (Lipinski definition) is 0. The third-order valence-corrected chi connectivity index (χ3v) is 13.7. The van der Waals surface area contributed by atoms with Gasteiger partial charge in [0.25, 0.3) is 0 Å². The quantitative estimate of drug-likeness (QED) is 0.108. The number of nitrogens with zero attached hydrogens (tertiary/aromatic N) is 5. The number of furan rings is 1. The van der Waals surface area contributed by atoms with Gasteiger partial charge in [-0.25, -0.2) is 9.97 Å². The molecule has 0 fully saturated rings. The van der Waals surface area contributed by atoms with Crippen molar-refractivity contribution in [3.05, 3.63) is 245 Å². The maximum atomic E-state index is 10.1. The molecule has 0 amide bonds. The molecule has 0 radical (unpaired) electrons. The summed E-state index contributed by atoms with van der Waals surface area (Å²) in [6, 6.07) is 53.6. The average Bonchev–Trinajstić information content (AvgIpc) is 2.28. The van der Waals surface area contributed by atoms with Gasteiger partial charge in [-0.05, 0) is 136 Å². The van der Waals surface area contributed by atoms with Crippen LogP contribution in [-0.4, -0.2) is 24.9 Å². The van der Waals surface area contributed by atoms with Crippen molar-refractivity contribution in [2.24, 2.45) is 0 Å². The number of rotatable bonds is 14. The van der Waals surface area contributed by atoms with E-state index >= 15 is 0 Å². The summed E-state index contributed by atoms with van der Waals surface area (Å²) in [6.07, 6.45) is 1.87. The molecule has 0 aliphatic carbocycles. The summed E-state index contributed by atoms with van der Waals surface area (Å²) >= 11 is 0. The van der Waals surface area contributed by atoms with Gasteiger partial charge >= 0.3 is 0 Å². The topological polar surface area (TPSA) is 77.6 Å². The van der Waals surface area contributed by atoms with Crippen LogP contribution in [-0.2, 0) is 36.4 Å². The van der Waals surface area contributed by atoms with E-state index in [1.807, 2.05) is 91.3 Å². The molecule has 0 saturated heterocycles. The molecule has 0 unspecified atom stereocenters.